The van der Waals surface area contributed by atoms with Gasteiger partial charge in [-0.05, 0) is 40.4 Å². The molecule has 6 nitrogen and oxygen atoms in total. The second-order valence-corrected chi connectivity index (χ2v) is 5.94. The lowest BCUT2D eigenvalue weighted by molar-refractivity contribution is -0.133. The maximum Gasteiger partial charge on any atom is 0.244 e. The van der Waals surface area contributed by atoms with Gasteiger partial charge in [0.2, 0.25) is 5.91 Å². The predicted molar refractivity (Wildman–Crippen MR) is 76.4 cm³/mol. The van der Waals surface area contributed by atoms with E-state index < -0.39 is 6.10 Å². The quantitative estimate of drug-likeness (QED) is 0.845. The number of likely N-dealkylation sites (N-methyl/N-ethyl adjacent to an activating group) is 1. The van der Waals surface area contributed by atoms with Crippen LogP contribution >= 0.6 is 0 Å². The monoisotopic (exact) mass is 280 g/mol. The number of nitrogens with zero attached hydrogens (tertiary/aromatic N) is 4. The molecule has 0 radical (unpaired) electrons. The van der Waals surface area contributed by atoms with Gasteiger partial charge in [0.15, 0.2) is 0 Å². The normalized spacial score (nSPS) is 22.8. The van der Waals surface area contributed by atoms with Crippen molar-refractivity contribution >= 4 is 5.91 Å². The molecule has 1 aromatic rings. The van der Waals surface area contributed by atoms with Crippen LogP contribution in [-0.2, 0) is 11.3 Å². The molecule has 2 atom stereocenters. The molecule has 0 spiro atoms. The van der Waals surface area contributed by atoms with Crippen LogP contribution in [0.15, 0.2) is 6.07 Å². The van der Waals surface area contributed by atoms with Crippen LogP contribution < -0.4 is 0 Å². The number of β-amino-alcohol motifs (C(OH)–C–C–N with tert-alkyl or cyclic N) is 1. The van der Waals surface area contributed by atoms with E-state index in [4.69, 9.17) is 0 Å². The van der Waals surface area contributed by atoms with Crippen molar-refractivity contribution in [3.63, 3.8) is 0 Å². The maximum absolute atomic E-state index is 12.4. The van der Waals surface area contributed by atoms with E-state index in [1.165, 1.54) is 0 Å². The van der Waals surface area contributed by atoms with Crippen LogP contribution in [0.5, 0.6) is 0 Å². The number of aryl methyl sites for hydroxylation is 2. The van der Waals surface area contributed by atoms with Gasteiger partial charge in [-0.1, -0.05) is 0 Å². The molecule has 2 heterocycles. The summed E-state index contributed by atoms with van der Waals surface area (Å²) in [5.74, 6) is 0.0274. The Morgan fingerprint density at radius 1 is 1.50 bits per heavy atom. The highest BCUT2D eigenvalue weighted by molar-refractivity contribution is 5.76. The number of aromatic nitrogens is 2. The van der Waals surface area contributed by atoms with Crippen LogP contribution in [-0.4, -0.2) is 69.9 Å². The van der Waals surface area contributed by atoms with Crippen molar-refractivity contribution in [1.82, 2.24) is 19.6 Å². The van der Waals surface area contributed by atoms with Crippen molar-refractivity contribution in [2.75, 3.05) is 27.2 Å². The molecule has 0 saturated carbocycles. The molecule has 6 heteroatoms. The van der Waals surface area contributed by atoms with Gasteiger partial charge >= 0.3 is 0 Å². The van der Waals surface area contributed by atoms with Crippen LogP contribution in [0.1, 0.15) is 17.8 Å². The van der Waals surface area contributed by atoms with Crippen LogP contribution in [0.4, 0.5) is 0 Å². The van der Waals surface area contributed by atoms with Crippen molar-refractivity contribution in [3.8, 4) is 0 Å². The fraction of sp³-hybridized carbons (Fsp3) is 0.714. The van der Waals surface area contributed by atoms with Gasteiger partial charge in [-0.2, -0.15) is 5.10 Å². The van der Waals surface area contributed by atoms with E-state index in [0.717, 1.165) is 17.9 Å². The lowest BCUT2D eigenvalue weighted by atomic mass is 10.2. The standard InChI is InChI=1S/C14H24N4O2/c1-10-5-11(2)18(15-10)9-14(20)17-8-13(19)6-12(17)7-16(3)4/h5,12-13,19H,6-9H2,1-4H3. The Balaban J connectivity index is 2.05. The Bertz CT molecular complexity index is 484. The molecule has 1 aliphatic heterocycles. The minimum absolute atomic E-state index is 0.0274. The molecule has 0 aliphatic carbocycles. The number of hydrogen-bond donors (Lipinski definition) is 1. The highest BCUT2D eigenvalue weighted by Crippen LogP contribution is 2.19. The van der Waals surface area contributed by atoms with Gasteiger partial charge in [-0.15, -0.1) is 0 Å². The molecule has 1 aliphatic rings. The predicted octanol–water partition coefficient (Wildman–Crippen LogP) is 0.0233. The Hall–Kier alpha value is -1.40. The first-order valence-corrected chi connectivity index (χ1v) is 7.00. The summed E-state index contributed by atoms with van der Waals surface area (Å²) < 4.78 is 1.73. The maximum atomic E-state index is 12.4. The number of aliphatic hydroxyl groups is 1. The van der Waals surface area contributed by atoms with Crippen LogP contribution in [0.3, 0.4) is 0 Å². The van der Waals surface area contributed by atoms with Gasteiger partial charge < -0.3 is 14.9 Å². The number of aliphatic hydroxyl groups excluding tert-OH is 1. The van der Waals surface area contributed by atoms with Crippen molar-refractivity contribution in [1.29, 1.82) is 0 Å². The summed E-state index contributed by atoms with van der Waals surface area (Å²) in [6.45, 7) is 5.32. The Kier molecular flexibility index (Phi) is 4.45. The number of carbonyl (C=O) groups excluding carboxylic acids is 1. The summed E-state index contributed by atoms with van der Waals surface area (Å²) >= 11 is 0. The third-order valence-corrected chi connectivity index (χ3v) is 3.68. The number of carbonyl (C=O) groups is 1. The second-order valence-electron chi connectivity index (χ2n) is 5.94. The Labute approximate surface area is 120 Å². The number of hydrogen-bond acceptors (Lipinski definition) is 4. The third kappa shape index (κ3) is 3.37. The zero-order valence-electron chi connectivity index (χ0n) is 12.7. The molecule has 1 saturated heterocycles. The van der Waals surface area contributed by atoms with E-state index >= 15 is 0 Å². The molecule has 1 amide bonds. The van der Waals surface area contributed by atoms with Gasteiger partial charge in [-0.25, -0.2) is 0 Å². The van der Waals surface area contributed by atoms with Gasteiger partial charge in [0, 0.05) is 24.8 Å². The van der Waals surface area contributed by atoms with Crippen LogP contribution in [0.25, 0.3) is 0 Å². The minimum atomic E-state index is -0.413. The minimum Gasteiger partial charge on any atom is -0.391 e. The van der Waals surface area contributed by atoms with E-state index in [2.05, 4.69) is 5.10 Å². The molecule has 20 heavy (non-hydrogen) atoms. The fourth-order valence-corrected chi connectivity index (χ4v) is 2.85. The average molecular weight is 280 g/mol. The summed E-state index contributed by atoms with van der Waals surface area (Å²) in [6.07, 6.45) is 0.241. The lowest BCUT2D eigenvalue weighted by Gasteiger charge is -2.27. The van der Waals surface area contributed by atoms with Crippen molar-refractivity contribution in [3.05, 3.63) is 17.5 Å². The first-order chi connectivity index (χ1) is 9.36. The second kappa shape index (κ2) is 5.93. The molecule has 0 aromatic carbocycles. The Morgan fingerprint density at radius 3 is 2.75 bits per heavy atom. The van der Waals surface area contributed by atoms with Crippen molar-refractivity contribution in [2.24, 2.45) is 0 Å². The number of likely N-dealkylation sites (tertiary alicyclic amines) is 1. The first kappa shape index (κ1) is 15.0. The van der Waals surface area contributed by atoms with Crippen LogP contribution in [0.2, 0.25) is 0 Å². The molecule has 1 fully saturated rings. The van der Waals surface area contributed by atoms with E-state index in [1.54, 1.807) is 9.58 Å². The molecule has 2 rings (SSSR count). The topological polar surface area (TPSA) is 61.6 Å². The number of rotatable bonds is 4. The smallest absolute Gasteiger partial charge is 0.244 e. The molecular formula is C14H24N4O2. The van der Waals surface area contributed by atoms with Gasteiger partial charge in [-0.3, -0.25) is 9.48 Å². The van der Waals surface area contributed by atoms with E-state index in [0.29, 0.717) is 13.0 Å². The average Bonchev–Trinajstić information content (AvgIpc) is 2.81. The van der Waals surface area contributed by atoms with E-state index in [9.17, 15) is 9.90 Å². The highest BCUT2D eigenvalue weighted by atomic mass is 16.3. The van der Waals surface area contributed by atoms with Crippen molar-refractivity contribution in [2.45, 2.75) is 39.0 Å². The molecule has 1 N–H and O–H groups in total. The van der Waals surface area contributed by atoms with E-state index in [1.807, 2.05) is 38.9 Å². The first-order valence-electron chi connectivity index (χ1n) is 7.00. The number of amides is 1. The molecule has 112 valence electrons. The van der Waals surface area contributed by atoms with Crippen molar-refractivity contribution < 1.29 is 9.90 Å². The van der Waals surface area contributed by atoms with Gasteiger partial charge in [0.1, 0.15) is 6.54 Å². The summed E-state index contributed by atoms with van der Waals surface area (Å²) in [5.41, 5.74) is 1.90. The lowest BCUT2D eigenvalue weighted by Crippen LogP contribution is -2.43. The SMILES string of the molecule is Cc1cc(C)n(CC(=O)N2CC(O)CC2CN(C)C)n1. The summed E-state index contributed by atoms with van der Waals surface area (Å²) in [5, 5.41) is 14.1. The molecular weight excluding hydrogens is 256 g/mol. The van der Waals surface area contributed by atoms with Crippen LogP contribution in [0, 0.1) is 13.8 Å². The van der Waals surface area contributed by atoms with E-state index in [-0.39, 0.29) is 18.5 Å². The summed E-state index contributed by atoms with van der Waals surface area (Å²) in [6, 6.07) is 2.05. The molecule has 2 unspecified atom stereocenters. The largest absolute Gasteiger partial charge is 0.391 e. The van der Waals surface area contributed by atoms with Gasteiger partial charge in [0.05, 0.1) is 11.8 Å². The highest BCUT2D eigenvalue weighted by Gasteiger charge is 2.34. The zero-order valence-corrected chi connectivity index (χ0v) is 12.7. The molecule has 1 aromatic heterocycles. The Morgan fingerprint density at radius 2 is 2.20 bits per heavy atom. The summed E-state index contributed by atoms with van der Waals surface area (Å²) in [4.78, 5) is 16.3. The molecule has 0 bridgehead atoms. The summed E-state index contributed by atoms with van der Waals surface area (Å²) in [7, 11) is 3.96. The third-order valence-electron chi connectivity index (χ3n) is 3.68. The zero-order chi connectivity index (χ0) is 14.9. The fourth-order valence-electron chi connectivity index (χ4n) is 2.85. The van der Waals surface area contributed by atoms with Gasteiger partial charge in [0.25, 0.3) is 0 Å².